The molecule has 0 amide bonds. The molecule has 3 heteroatoms. The molecule has 1 rings (SSSR count). The van der Waals surface area contributed by atoms with Gasteiger partial charge in [0.25, 0.3) is 0 Å². The Balaban J connectivity index is 2.62. The molecule has 1 N–H and O–H groups in total. The standard InChI is InChI=1S/C13H23N3/c1-5-7-14-12(6-2)9-13-15-10(3)8-11(4)16-13/h8,12,14H,5-7,9H2,1-4H3. The van der Waals surface area contributed by atoms with E-state index in [1.807, 2.05) is 19.9 Å². The number of aryl methyl sites for hydroxylation is 2. The van der Waals surface area contributed by atoms with E-state index >= 15 is 0 Å². The van der Waals surface area contributed by atoms with E-state index in [1.165, 1.54) is 6.42 Å². The summed E-state index contributed by atoms with van der Waals surface area (Å²) in [7, 11) is 0. The molecule has 0 spiro atoms. The number of hydrogen-bond acceptors (Lipinski definition) is 3. The van der Waals surface area contributed by atoms with Crippen LogP contribution < -0.4 is 5.32 Å². The van der Waals surface area contributed by atoms with Crippen molar-refractivity contribution in [3.05, 3.63) is 23.3 Å². The first kappa shape index (κ1) is 13.1. The largest absolute Gasteiger partial charge is 0.314 e. The molecule has 0 aromatic carbocycles. The van der Waals surface area contributed by atoms with Gasteiger partial charge in [-0.25, -0.2) is 9.97 Å². The maximum absolute atomic E-state index is 4.48. The van der Waals surface area contributed by atoms with E-state index in [9.17, 15) is 0 Å². The molecule has 0 aliphatic rings. The normalized spacial score (nSPS) is 12.8. The van der Waals surface area contributed by atoms with Crippen LogP contribution in [0.15, 0.2) is 6.07 Å². The van der Waals surface area contributed by atoms with Crippen LogP contribution in [0, 0.1) is 13.8 Å². The Morgan fingerprint density at radius 1 is 1.19 bits per heavy atom. The van der Waals surface area contributed by atoms with Gasteiger partial charge in [-0.3, -0.25) is 0 Å². The molecule has 1 aromatic heterocycles. The molecule has 1 atom stereocenters. The molecule has 1 aromatic rings. The highest BCUT2D eigenvalue weighted by atomic mass is 14.9. The zero-order valence-electron chi connectivity index (χ0n) is 10.9. The highest BCUT2D eigenvalue weighted by Gasteiger charge is 2.08. The van der Waals surface area contributed by atoms with Gasteiger partial charge in [0.1, 0.15) is 5.82 Å². The summed E-state index contributed by atoms with van der Waals surface area (Å²) in [4.78, 5) is 8.96. The Hall–Kier alpha value is -0.960. The van der Waals surface area contributed by atoms with Crippen molar-refractivity contribution in [1.29, 1.82) is 0 Å². The van der Waals surface area contributed by atoms with Crippen molar-refractivity contribution >= 4 is 0 Å². The van der Waals surface area contributed by atoms with E-state index in [4.69, 9.17) is 0 Å². The summed E-state index contributed by atoms with van der Waals surface area (Å²) in [5, 5.41) is 3.53. The summed E-state index contributed by atoms with van der Waals surface area (Å²) in [6, 6.07) is 2.52. The lowest BCUT2D eigenvalue weighted by atomic mass is 10.1. The average molecular weight is 221 g/mol. The molecule has 0 bridgehead atoms. The lowest BCUT2D eigenvalue weighted by Gasteiger charge is -2.15. The van der Waals surface area contributed by atoms with Crippen LogP contribution in [-0.2, 0) is 6.42 Å². The number of rotatable bonds is 6. The van der Waals surface area contributed by atoms with Crippen molar-refractivity contribution in [2.75, 3.05) is 6.54 Å². The van der Waals surface area contributed by atoms with Crippen molar-refractivity contribution < 1.29 is 0 Å². The van der Waals surface area contributed by atoms with Crippen LogP contribution in [0.1, 0.15) is 43.9 Å². The van der Waals surface area contributed by atoms with Crippen LogP contribution in [0.3, 0.4) is 0 Å². The van der Waals surface area contributed by atoms with Crippen LogP contribution in [0.25, 0.3) is 0 Å². The lowest BCUT2D eigenvalue weighted by molar-refractivity contribution is 0.484. The molecule has 0 radical (unpaired) electrons. The molecule has 0 aliphatic heterocycles. The maximum Gasteiger partial charge on any atom is 0.130 e. The molecular formula is C13H23N3. The van der Waals surface area contributed by atoms with E-state index < -0.39 is 0 Å². The maximum atomic E-state index is 4.48. The lowest BCUT2D eigenvalue weighted by Crippen LogP contribution is -2.31. The van der Waals surface area contributed by atoms with Gasteiger partial charge < -0.3 is 5.32 Å². The summed E-state index contributed by atoms with van der Waals surface area (Å²) in [5.74, 6) is 0.966. The average Bonchev–Trinajstić information content (AvgIpc) is 2.22. The Bertz CT molecular complexity index is 303. The van der Waals surface area contributed by atoms with Gasteiger partial charge in [0, 0.05) is 23.9 Å². The Morgan fingerprint density at radius 2 is 1.81 bits per heavy atom. The van der Waals surface area contributed by atoms with E-state index in [1.54, 1.807) is 0 Å². The van der Waals surface area contributed by atoms with E-state index in [0.717, 1.165) is 36.6 Å². The molecule has 1 unspecified atom stereocenters. The summed E-state index contributed by atoms with van der Waals surface area (Å²) in [5.41, 5.74) is 2.13. The van der Waals surface area contributed by atoms with E-state index in [-0.39, 0.29) is 0 Å². The fourth-order valence-electron chi connectivity index (χ4n) is 1.82. The first-order valence-electron chi connectivity index (χ1n) is 6.20. The first-order chi connectivity index (χ1) is 7.65. The van der Waals surface area contributed by atoms with Crippen molar-refractivity contribution in [2.45, 2.75) is 53.0 Å². The highest BCUT2D eigenvalue weighted by molar-refractivity contribution is 5.09. The second-order valence-corrected chi connectivity index (χ2v) is 4.33. The predicted molar refractivity (Wildman–Crippen MR) is 67.6 cm³/mol. The smallest absolute Gasteiger partial charge is 0.130 e. The number of nitrogens with zero attached hydrogens (tertiary/aromatic N) is 2. The number of aromatic nitrogens is 2. The Morgan fingerprint density at radius 3 is 2.31 bits per heavy atom. The summed E-state index contributed by atoms with van der Waals surface area (Å²) in [6.45, 7) is 9.52. The highest BCUT2D eigenvalue weighted by Crippen LogP contribution is 2.04. The second kappa shape index (κ2) is 6.59. The second-order valence-electron chi connectivity index (χ2n) is 4.33. The summed E-state index contributed by atoms with van der Waals surface area (Å²) >= 11 is 0. The molecule has 16 heavy (non-hydrogen) atoms. The Kier molecular flexibility index (Phi) is 5.39. The third-order valence-electron chi connectivity index (χ3n) is 2.63. The van der Waals surface area contributed by atoms with Gasteiger partial charge >= 0.3 is 0 Å². The van der Waals surface area contributed by atoms with Gasteiger partial charge in [0.2, 0.25) is 0 Å². The minimum atomic E-state index is 0.501. The van der Waals surface area contributed by atoms with Gasteiger partial charge in [-0.15, -0.1) is 0 Å². The molecule has 90 valence electrons. The number of hydrogen-bond donors (Lipinski definition) is 1. The van der Waals surface area contributed by atoms with Crippen LogP contribution >= 0.6 is 0 Å². The Labute approximate surface area is 98.7 Å². The third kappa shape index (κ3) is 4.27. The zero-order chi connectivity index (χ0) is 12.0. The summed E-state index contributed by atoms with van der Waals surface area (Å²) in [6.07, 6.45) is 3.22. The fourth-order valence-corrected chi connectivity index (χ4v) is 1.82. The molecule has 3 nitrogen and oxygen atoms in total. The molecule has 0 saturated carbocycles. The predicted octanol–water partition coefficient (Wildman–Crippen LogP) is 2.41. The molecule has 0 aliphatic carbocycles. The topological polar surface area (TPSA) is 37.8 Å². The molecule has 0 saturated heterocycles. The van der Waals surface area contributed by atoms with Crippen LogP contribution in [-0.4, -0.2) is 22.6 Å². The van der Waals surface area contributed by atoms with E-state index in [0.29, 0.717) is 6.04 Å². The molecule has 0 fully saturated rings. The SMILES string of the molecule is CCCNC(CC)Cc1nc(C)cc(C)n1. The van der Waals surface area contributed by atoms with Crippen LogP contribution in [0.4, 0.5) is 0 Å². The van der Waals surface area contributed by atoms with Crippen molar-refractivity contribution in [2.24, 2.45) is 0 Å². The van der Waals surface area contributed by atoms with E-state index in [2.05, 4.69) is 29.1 Å². The van der Waals surface area contributed by atoms with Crippen molar-refractivity contribution in [3.8, 4) is 0 Å². The number of nitrogens with one attached hydrogen (secondary N) is 1. The quantitative estimate of drug-likeness (QED) is 0.801. The third-order valence-corrected chi connectivity index (χ3v) is 2.63. The minimum absolute atomic E-state index is 0.501. The van der Waals surface area contributed by atoms with Crippen LogP contribution in [0.5, 0.6) is 0 Å². The molecular weight excluding hydrogens is 198 g/mol. The van der Waals surface area contributed by atoms with Gasteiger partial charge in [0.05, 0.1) is 0 Å². The van der Waals surface area contributed by atoms with Gasteiger partial charge in [-0.2, -0.15) is 0 Å². The molecule has 1 heterocycles. The van der Waals surface area contributed by atoms with Crippen LogP contribution in [0.2, 0.25) is 0 Å². The van der Waals surface area contributed by atoms with Gasteiger partial charge in [0.15, 0.2) is 0 Å². The monoisotopic (exact) mass is 221 g/mol. The van der Waals surface area contributed by atoms with Gasteiger partial charge in [-0.1, -0.05) is 13.8 Å². The van der Waals surface area contributed by atoms with Crippen molar-refractivity contribution in [1.82, 2.24) is 15.3 Å². The minimum Gasteiger partial charge on any atom is -0.314 e. The van der Waals surface area contributed by atoms with Crippen molar-refractivity contribution in [3.63, 3.8) is 0 Å². The first-order valence-corrected chi connectivity index (χ1v) is 6.20. The summed E-state index contributed by atoms with van der Waals surface area (Å²) < 4.78 is 0. The zero-order valence-corrected chi connectivity index (χ0v) is 10.9. The van der Waals surface area contributed by atoms with Gasteiger partial charge in [-0.05, 0) is 39.3 Å². The fraction of sp³-hybridized carbons (Fsp3) is 0.692.